The van der Waals surface area contributed by atoms with E-state index in [1.807, 2.05) is 66.8 Å². The Morgan fingerprint density at radius 3 is 2.28 bits per heavy atom. The second-order valence-corrected chi connectivity index (χ2v) is 7.01. The fourth-order valence-corrected chi connectivity index (χ4v) is 3.75. The molecule has 0 saturated carbocycles. The highest BCUT2D eigenvalue weighted by molar-refractivity contribution is 7.14. The normalized spacial score (nSPS) is 17.4. The molecule has 25 heavy (non-hydrogen) atoms. The maximum absolute atomic E-state index is 10.2. The predicted molar refractivity (Wildman–Crippen MR) is 103 cm³/mol. The quantitative estimate of drug-likeness (QED) is 0.759. The molecule has 3 aliphatic heterocycles. The minimum atomic E-state index is 0.302. The number of allylic oxidation sites excluding steroid dienone is 5. The zero-order chi connectivity index (χ0) is 16.8. The Morgan fingerprint density at radius 1 is 0.800 bits per heavy atom. The van der Waals surface area contributed by atoms with Gasteiger partial charge in [0.05, 0.1) is 22.8 Å². The smallest absolute Gasteiger partial charge is 0.179 e. The number of nitrogens with zero attached hydrogens (tertiary/aromatic N) is 2. The largest absolute Gasteiger partial charge is 0.499 e. The molecule has 120 valence electrons. The zero-order valence-electron chi connectivity index (χ0n) is 13.1. The molecule has 0 aliphatic carbocycles. The van der Waals surface area contributed by atoms with Crippen LogP contribution in [0.5, 0.6) is 5.06 Å². The van der Waals surface area contributed by atoms with E-state index in [-0.39, 0.29) is 0 Å². The van der Waals surface area contributed by atoms with Crippen LogP contribution in [0, 0.1) is 0 Å². The molecule has 0 radical (unpaired) electrons. The van der Waals surface area contributed by atoms with Crippen LogP contribution < -0.4 is 10.7 Å². The molecule has 2 aromatic heterocycles. The summed E-state index contributed by atoms with van der Waals surface area (Å²) < 4.78 is 0. The molecule has 0 atom stereocenters. The molecule has 2 aromatic rings. The fraction of sp³-hybridized carbons (Fsp3) is 0. The van der Waals surface area contributed by atoms with Crippen LogP contribution in [0.2, 0.25) is 0 Å². The lowest BCUT2D eigenvalue weighted by molar-refractivity contribution is 0.490. The van der Waals surface area contributed by atoms with Crippen molar-refractivity contribution in [1.29, 1.82) is 0 Å². The van der Waals surface area contributed by atoms with Crippen LogP contribution in [0.15, 0.2) is 70.0 Å². The van der Waals surface area contributed by atoms with Gasteiger partial charge in [-0.05, 0) is 66.8 Å². The summed E-state index contributed by atoms with van der Waals surface area (Å²) in [4.78, 5) is 13.5. The number of rotatable bonds is 0. The van der Waals surface area contributed by atoms with Gasteiger partial charge in [0.1, 0.15) is 0 Å². The number of H-pyrrole nitrogens is 1. The van der Waals surface area contributed by atoms with Crippen LogP contribution in [-0.2, 0) is 0 Å². The fourth-order valence-electron chi connectivity index (χ4n) is 2.92. The third-order valence-electron chi connectivity index (χ3n) is 4.06. The molecule has 3 aliphatic rings. The molecule has 2 N–H and O–H groups in total. The van der Waals surface area contributed by atoms with Gasteiger partial charge in [-0.3, -0.25) is 0 Å². The molecular weight excluding hydrogens is 330 g/mol. The first-order valence-corrected chi connectivity index (χ1v) is 8.71. The van der Waals surface area contributed by atoms with E-state index in [9.17, 15) is 5.11 Å². The molecule has 5 rings (SSSR count). The molecule has 0 saturated heterocycles. The first kappa shape index (κ1) is 14.2. The van der Waals surface area contributed by atoms with Gasteiger partial charge in [-0.15, -0.1) is 0 Å². The molecule has 4 nitrogen and oxygen atoms in total. The summed E-state index contributed by atoms with van der Waals surface area (Å²) in [7, 11) is 0. The average molecular weight is 343 g/mol. The van der Waals surface area contributed by atoms with E-state index in [4.69, 9.17) is 0 Å². The van der Waals surface area contributed by atoms with E-state index in [1.54, 1.807) is 0 Å². The van der Waals surface area contributed by atoms with E-state index in [1.165, 1.54) is 11.3 Å². The lowest BCUT2D eigenvalue weighted by Crippen LogP contribution is -2.10. The Balaban J connectivity index is 1.74. The van der Waals surface area contributed by atoms with Crippen LogP contribution in [-0.4, -0.2) is 21.5 Å². The van der Waals surface area contributed by atoms with E-state index in [0.717, 1.165) is 44.0 Å². The molecule has 8 bridgehead atoms. The predicted octanol–water partition coefficient (Wildman–Crippen LogP) is 2.65. The summed E-state index contributed by atoms with van der Waals surface area (Å²) in [6.45, 7) is 0. The van der Waals surface area contributed by atoms with Crippen molar-refractivity contribution in [2.24, 2.45) is 9.98 Å². The van der Waals surface area contributed by atoms with Crippen LogP contribution >= 0.6 is 11.3 Å². The molecule has 0 amide bonds. The number of aliphatic imine (C=N–C) groups is 2. The summed E-state index contributed by atoms with van der Waals surface area (Å²) in [5.74, 6) is 0. The number of hydrogen-bond acceptors (Lipinski definition) is 4. The van der Waals surface area contributed by atoms with E-state index in [0.29, 0.717) is 5.06 Å². The lowest BCUT2D eigenvalue weighted by Gasteiger charge is -1.91. The number of thiophene rings is 1. The van der Waals surface area contributed by atoms with Crippen LogP contribution in [0.3, 0.4) is 0 Å². The van der Waals surface area contributed by atoms with E-state index in [2.05, 4.69) is 15.0 Å². The molecule has 0 aromatic carbocycles. The Hall–Kier alpha value is -3.18. The van der Waals surface area contributed by atoms with Crippen molar-refractivity contribution in [1.82, 2.24) is 4.98 Å². The standard InChI is InChI=1S/C20H13N3OS/c24-20-12-7-13-1-2-14(21-13)9-15-3-4-16(22-15)10-17-5-6-18(23-17)11-19(8-12)25-20/h1-11,21,24H. The maximum Gasteiger partial charge on any atom is 0.179 e. The van der Waals surface area contributed by atoms with Gasteiger partial charge in [0.2, 0.25) is 0 Å². The summed E-state index contributed by atoms with van der Waals surface area (Å²) in [5.41, 5.74) is 4.32. The SMILES string of the molecule is Oc1sc2cc1C=c1ccc([nH]1)=CC1=NC(=CC3=NC(=C2)C=C3)C=C1. The van der Waals surface area contributed by atoms with Crippen LogP contribution in [0.25, 0.3) is 18.2 Å². The lowest BCUT2D eigenvalue weighted by atomic mass is 10.2. The maximum atomic E-state index is 10.2. The number of hydrogen-bond donors (Lipinski definition) is 2. The molecule has 0 fully saturated rings. The van der Waals surface area contributed by atoms with Gasteiger partial charge in [-0.1, -0.05) is 11.3 Å². The van der Waals surface area contributed by atoms with Crippen molar-refractivity contribution < 1.29 is 5.11 Å². The van der Waals surface area contributed by atoms with Crippen molar-refractivity contribution in [3.8, 4) is 5.06 Å². The monoisotopic (exact) mass is 343 g/mol. The van der Waals surface area contributed by atoms with Gasteiger partial charge in [-0.25, -0.2) is 9.98 Å². The number of aromatic nitrogens is 1. The van der Waals surface area contributed by atoms with Crippen molar-refractivity contribution in [3.05, 3.63) is 81.1 Å². The number of aromatic amines is 1. The van der Waals surface area contributed by atoms with Crippen molar-refractivity contribution >= 4 is 41.0 Å². The number of fused-ring (bicyclic) bond motifs is 6. The Bertz CT molecular complexity index is 1200. The van der Waals surface area contributed by atoms with Gasteiger partial charge in [0.15, 0.2) is 5.06 Å². The van der Waals surface area contributed by atoms with Crippen molar-refractivity contribution in [3.63, 3.8) is 0 Å². The first-order valence-electron chi connectivity index (χ1n) is 7.90. The van der Waals surface area contributed by atoms with Crippen LogP contribution in [0.1, 0.15) is 10.4 Å². The third-order valence-corrected chi connectivity index (χ3v) is 4.96. The molecule has 0 spiro atoms. The Labute approximate surface area is 147 Å². The highest BCUT2D eigenvalue weighted by Gasteiger charge is 2.09. The molecular formula is C20H13N3OS. The number of aromatic hydroxyl groups is 1. The highest BCUT2D eigenvalue weighted by atomic mass is 32.1. The molecule has 5 heterocycles. The van der Waals surface area contributed by atoms with Crippen LogP contribution in [0.4, 0.5) is 0 Å². The zero-order valence-corrected chi connectivity index (χ0v) is 13.9. The van der Waals surface area contributed by atoms with Crippen molar-refractivity contribution in [2.45, 2.75) is 0 Å². The summed E-state index contributed by atoms with van der Waals surface area (Å²) in [5, 5.41) is 12.4. The summed E-state index contributed by atoms with van der Waals surface area (Å²) >= 11 is 1.35. The van der Waals surface area contributed by atoms with Gasteiger partial charge in [0, 0.05) is 21.1 Å². The summed E-state index contributed by atoms with van der Waals surface area (Å²) in [6, 6.07) is 5.96. The Morgan fingerprint density at radius 2 is 1.48 bits per heavy atom. The second-order valence-electron chi connectivity index (χ2n) is 5.95. The van der Waals surface area contributed by atoms with E-state index < -0.39 is 0 Å². The highest BCUT2D eigenvalue weighted by Crippen LogP contribution is 2.32. The minimum Gasteiger partial charge on any atom is -0.499 e. The average Bonchev–Trinajstić information content (AvgIpc) is 3.33. The van der Waals surface area contributed by atoms with Gasteiger partial charge >= 0.3 is 0 Å². The summed E-state index contributed by atoms with van der Waals surface area (Å²) in [6.07, 6.45) is 15.8. The minimum absolute atomic E-state index is 0.302. The molecule has 5 heteroatoms. The first-order chi connectivity index (χ1) is 12.2. The van der Waals surface area contributed by atoms with Gasteiger partial charge in [-0.2, -0.15) is 0 Å². The van der Waals surface area contributed by atoms with Crippen molar-refractivity contribution in [2.75, 3.05) is 0 Å². The number of nitrogens with one attached hydrogen (secondary N) is 1. The third kappa shape index (κ3) is 2.75. The molecule has 0 unspecified atom stereocenters. The van der Waals surface area contributed by atoms with Gasteiger partial charge < -0.3 is 10.1 Å². The van der Waals surface area contributed by atoms with E-state index >= 15 is 0 Å². The topological polar surface area (TPSA) is 60.7 Å². The Kier molecular flexibility index (Phi) is 3.08. The van der Waals surface area contributed by atoms with Gasteiger partial charge in [0.25, 0.3) is 0 Å². The second kappa shape index (κ2) is 5.43.